The van der Waals surface area contributed by atoms with Gasteiger partial charge in [0, 0.05) is 38.0 Å². The van der Waals surface area contributed by atoms with E-state index in [1.54, 1.807) is 0 Å². The minimum Gasteiger partial charge on any atom is -0.375 e. The average Bonchev–Trinajstić information content (AvgIpc) is 3.30. The largest absolute Gasteiger partial charge is 0.375 e. The van der Waals surface area contributed by atoms with Crippen molar-refractivity contribution >= 4 is 0 Å². The summed E-state index contributed by atoms with van der Waals surface area (Å²) in [6, 6.07) is 2.11. The van der Waals surface area contributed by atoms with E-state index < -0.39 is 0 Å². The smallest absolute Gasteiger partial charge is 0.138 e. The van der Waals surface area contributed by atoms with Gasteiger partial charge < -0.3 is 9.26 Å². The Bertz CT molecular complexity index is 683. The van der Waals surface area contributed by atoms with E-state index in [0.29, 0.717) is 0 Å². The molecule has 136 valence electrons. The van der Waals surface area contributed by atoms with Crippen LogP contribution in [0.5, 0.6) is 0 Å². The second-order valence-electron chi connectivity index (χ2n) is 7.58. The molecule has 1 unspecified atom stereocenters. The summed E-state index contributed by atoms with van der Waals surface area (Å²) in [5, 5.41) is 8.59. The molecule has 2 aromatic heterocycles. The van der Waals surface area contributed by atoms with Gasteiger partial charge in [-0.1, -0.05) is 18.0 Å². The van der Waals surface area contributed by atoms with Gasteiger partial charge in [-0.15, -0.1) is 0 Å². The van der Waals surface area contributed by atoms with Crippen molar-refractivity contribution in [2.24, 2.45) is 5.92 Å². The van der Waals surface area contributed by atoms with Crippen molar-refractivity contribution < 1.29 is 9.26 Å². The quantitative estimate of drug-likeness (QED) is 0.834. The Morgan fingerprint density at radius 1 is 1.24 bits per heavy atom. The standard InChI is InChI=1S/C19H28N4O2/c1-14-19(15(2)25-21-14)12-22-9-17-7-8-20-23(17)11-18(10-22)24-13-16-5-3-4-6-16/h7-8,16,18H,3-6,9-13H2,1-2H3. The Hall–Kier alpha value is -1.66. The number of fused-ring (bicyclic) bond motifs is 1. The lowest BCUT2D eigenvalue weighted by atomic mass is 10.1. The van der Waals surface area contributed by atoms with Crippen LogP contribution in [0.25, 0.3) is 0 Å². The fourth-order valence-electron chi connectivity index (χ4n) is 4.12. The normalized spacial score (nSPS) is 22.2. The van der Waals surface area contributed by atoms with E-state index in [4.69, 9.17) is 9.26 Å². The number of hydrogen-bond donors (Lipinski definition) is 0. The molecule has 25 heavy (non-hydrogen) atoms. The molecule has 2 aromatic rings. The fourth-order valence-corrected chi connectivity index (χ4v) is 4.12. The third-order valence-corrected chi connectivity index (χ3v) is 5.63. The van der Waals surface area contributed by atoms with Crippen molar-refractivity contribution in [3.8, 4) is 0 Å². The van der Waals surface area contributed by atoms with Crippen LogP contribution in [0.1, 0.15) is 48.4 Å². The van der Waals surface area contributed by atoms with Crippen LogP contribution in [-0.4, -0.2) is 39.1 Å². The van der Waals surface area contributed by atoms with E-state index >= 15 is 0 Å². The molecule has 1 aliphatic heterocycles. The SMILES string of the molecule is Cc1noc(C)c1CN1Cc2ccnn2CC(OCC2CCCC2)C1. The van der Waals surface area contributed by atoms with Gasteiger partial charge in [0.15, 0.2) is 0 Å². The summed E-state index contributed by atoms with van der Waals surface area (Å²) in [5.41, 5.74) is 3.43. The zero-order chi connectivity index (χ0) is 17.2. The highest BCUT2D eigenvalue weighted by atomic mass is 16.5. The van der Waals surface area contributed by atoms with Gasteiger partial charge >= 0.3 is 0 Å². The van der Waals surface area contributed by atoms with Gasteiger partial charge in [-0.3, -0.25) is 9.58 Å². The maximum atomic E-state index is 6.34. The van der Waals surface area contributed by atoms with Crippen molar-refractivity contribution in [3.05, 3.63) is 35.0 Å². The van der Waals surface area contributed by atoms with Crippen LogP contribution in [0.3, 0.4) is 0 Å². The Morgan fingerprint density at radius 3 is 2.84 bits per heavy atom. The van der Waals surface area contributed by atoms with Crippen LogP contribution in [0.2, 0.25) is 0 Å². The first-order valence-corrected chi connectivity index (χ1v) is 9.45. The van der Waals surface area contributed by atoms with Gasteiger partial charge in [0.2, 0.25) is 0 Å². The summed E-state index contributed by atoms with van der Waals surface area (Å²) >= 11 is 0. The van der Waals surface area contributed by atoms with E-state index in [1.165, 1.54) is 36.9 Å². The minimum atomic E-state index is 0.183. The first-order chi connectivity index (χ1) is 12.2. The van der Waals surface area contributed by atoms with Crippen LogP contribution >= 0.6 is 0 Å². The Balaban J connectivity index is 1.46. The number of aryl methyl sites for hydroxylation is 2. The van der Waals surface area contributed by atoms with Crippen LogP contribution < -0.4 is 0 Å². The van der Waals surface area contributed by atoms with E-state index in [2.05, 4.69) is 25.9 Å². The molecule has 1 saturated carbocycles. The molecule has 1 aliphatic carbocycles. The zero-order valence-electron chi connectivity index (χ0n) is 15.3. The van der Waals surface area contributed by atoms with E-state index in [0.717, 1.165) is 50.2 Å². The van der Waals surface area contributed by atoms with Crippen molar-refractivity contribution in [2.75, 3.05) is 13.2 Å². The zero-order valence-corrected chi connectivity index (χ0v) is 15.3. The molecule has 0 spiro atoms. The van der Waals surface area contributed by atoms with Gasteiger partial charge in [0.05, 0.1) is 24.0 Å². The Kier molecular flexibility index (Phi) is 4.90. The summed E-state index contributed by atoms with van der Waals surface area (Å²) in [7, 11) is 0. The fraction of sp³-hybridized carbons (Fsp3) is 0.684. The number of aromatic nitrogens is 3. The summed E-state index contributed by atoms with van der Waals surface area (Å²) in [6.45, 7) is 8.38. The highest BCUT2D eigenvalue weighted by molar-refractivity contribution is 5.20. The number of hydrogen-bond acceptors (Lipinski definition) is 5. The lowest BCUT2D eigenvalue weighted by Gasteiger charge is -2.25. The number of nitrogens with zero attached hydrogens (tertiary/aromatic N) is 4. The van der Waals surface area contributed by atoms with Crippen molar-refractivity contribution in [3.63, 3.8) is 0 Å². The average molecular weight is 344 g/mol. The lowest BCUT2D eigenvalue weighted by molar-refractivity contribution is 0.000405. The maximum Gasteiger partial charge on any atom is 0.138 e. The molecule has 0 aromatic carbocycles. The third-order valence-electron chi connectivity index (χ3n) is 5.63. The second-order valence-corrected chi connectivity index (χ2v) is 7.58. The van der Waals surface area contributed by atoms with Crippen molar-refractivity contribution in [1.82, 2.24) is 19.8 Å². The molecule has 0 N–H and O–H groups in total. The lowest BCUT2D eigenvalue weighted by Crippen LogP contribution is -2.34. The Labute approximate surface area is 149 Å². The summed E-state index contributed by atoms with van der Waals surface area (Å²) in [4.78, 5) is 2.44. The van der Waals surface area contributed by atoms with Crippen LogP contribution in [0.15, 0.2) is 16.8 Å². The molecule has 0 amide bonds. The second kappa shape index (κ2) is 7.30. The molecule has 4 rings (SSSR count). The van der Waals surface area contributed by atoms with Crippen LogP contribution in [0.4, 0.5) is 0 Å². The molecule has 6 heteroatoms. The maximum absolute atomic E-state index is 6.34. The van der Waals surface area contributed by atoms with Gasteiger partial charge in [0.1, 0.15) is 5.76 Å². The van der Waals surface area contributed by atoms with Gasteiger partial charge in [-0.25, -0.2) is 0 Å². The molecule has 1 fully saturated rings. The number of ether oxygens (including phenoxy) is 1. The summed E-state index contributed by atoms with van der Waals surface area (Å²) in [6.07, 6.45) is 7.44. The van der Waals surface area contributed by atoms with Crippen molar-refractivity contribution in [2.45, 2.75) is 65.3 Å². The first kappa shape index (κ1) is 16.8. The van der Waals surface area contributed by atoms with Crippen molar-refractivity contribution in [1.29, 1.82) is 0 Å². The molecule has 2 aliphatic rings. The molecular weight excluding hydrogens is 316 g/mol. The topological polar surface area (TPSA) is 56.3 Å². The third kappa shape index (κ3) is 3.80. The Morgan fingerprint density at radius 2 is 2.08 bits per heavy atom. The van der Waals surface area contributed by atoms with E-state index in [-0.39, 0.29) is 6.10 Å². The highest BCUT2D eigenvalue weighted by Gasteiger charge is 2.26. The van der Waals surface area contributed by atoms with Crippen LogP contribution in [-0.2, 0) is 24.4 Å². The molecule has 3 heterocycles. The first-order valence-electron chi connectivity index (χ1n) is 9.45. The number of rotatable bonds is 5. The predicted molar refractivity (Wildman–Crippen MR) is 94.0 cm³/mol. The molecule has 6 nitrogen and oxygen atoms in total. The van der Waals surface area contributed by atoms with Gasteiger partial charge in [-0.2, -0.15) is 5.10 Å². The molecule has 0 bridgehead atoms. The summed E-state index contributed by atoms with van der Waals surface area (Å²) < 4.78 is 13.8. The summed E-state index contributed by atoms with van der Waals surface area (Å²) in [5.74, 6) is 1.66. The molecule has 1 atom stereocenters. The van der Waals surface area contributed by atoms with Crippen LogP contribution in [0, 0.1) is 19.8 Å². The minimum absolute atomic E-state index is 0.183. The van der Waals surface area contributed by atoms with Gasteiger partial charge in [0.25, 0.3) is 0 Å². The van der Waals surface area contributed by atoms with E-state index in [1.807, 2.05) is 20.0 Å². The highest BCUT2D eigenvalue weighted by Crippen LogP contribution is 2.26. The molecule has 0 radical (unpaired) electrons. The van der Waals surface area contributed by atoms with E-state index in [9.17, 15) is 0 Å². The monoisotopic (exact) mass is 344 g/mol. The molecule has 0 saturated heterocycles. The van der Waals surface area contributed by atoms with Gasteiger partial charge in [-0.05, 0) is 38.7 Å². The molecular formula is C19H28N4O2. The predicted octanol–water partition coefficient (Wildman–Crippen LogP) is 3.08.